The molecule has 7 heteroatoms. The maximum atomic E-state index is 12.9. The molecule has 1 aromatic carbocycles. The lowest BCUT2D eigenvalue weighted by Crippen LogP contribution is -2.19. The fourth-order valence-corrected chi connectivity index (χ4v) is 2.89. The topological polar surface area (TPSA) is 110 Å². The van der Waals surface area contributed by atoms with Gasteiger partial charge in [-0.25, -0.2) is 0 Å². The van der Waals surface area contributed by atoms with Crippen LogP contribution in [-0.4, -0.2) is 29.2 Å². The van der Waals surface area contributed by atoms with Gasteiger partial charge in [0, 0.05) is 11.1 Å². The van der Waals surface area contributed by atoms with Crippen molar-refractivity contribution in [2.45, 2.75) is 0 Å². The Morgan fingerprint density at radius 3 is 2.40 bits per heavy atom. The van der Waals surface area contributed by atoms with Crippen molar-refractivity contribution in [3.8, 4) is 11.3 Å². The third-order valence-corrected chi connectivity index (χ3v) is 3.99. The largest absolute Gasteiger partial charge is 0.480 e. The van der Waals surface area contributed by atoms with Crippen LogP contribution >= 0.6 is 0 Å². The minimum atomic E-state index is -1.07. The van der Waals surface area contributed by atoms with Crippen molar-refractivity contribution in [1.82, 2.24) is 0 Å². The van der Waals surface area contributed by atoms with E-state index in [9.17, 15) is 14.4 Å². The molecule has 4 rings (SSSR count). The summed E-state index contributed by atoms with van der Waals surface area (Å²) in [6, 6.07) is 8.12. The standard InChI is InChI=1S/C18H11NO6/c20-13(21)7-19-18-11(5-6-24-18)17-14-12(8-25-17)15(22)9-3-1-2-4-10(9)16(14)23/h1-6,8,19H,7H2,(H,20,21). The summed E-state index contributed by atoms with van der Waals surface area (Å²) in [4.78, 5) is 36.2. The van der Waals surface area contributed by atoms with Crippen molar-refractivity contribution >= 4 is 23.4 Å². The Labute approximate surface area is 140 Å². The molecule has 1 aliphatic carbocycles. The van der Waals surface area contributed by atoms with Crippen LogP contribution in [0.4, 0.5) is 5.88 Å². The Bertz CT molecular complexity index is 1030. The first-order valence-electron chi connectivity index (χ1n) is 7.41. The second kappa shape index (κ2) is 5.48. The highest BCUT2D eigenvalue weighted by Crippen LogP contribution is 2.39. The number of carbonyl (C=O) groups is 3. The van der Waals surface area contributed by atoms with Crippen LogP contribution in [0.2, 0.25) is 0 Å². The molecule has 124 valence electrons. The lowest BCUT2D eigenvalue weighted by molar-refractivity contribution is -0.134. The number of carboxylic acid groups (broad SMARTS) is 1. The summed E-state index contributed by atoms with van der Waals surface area (Å²) in [5.74, 6) is -1.35. The number of carbonyl (C=O) groups excluding carboxylic acids is 2. The van der Waals surface area contributed by atoms with Crippen molar-refractivity contribution in [3.63, 3.8) is 0 Å². The molecule has 0 atom stereocenters. The minimum Gasteiger partial charge on any atom is -0.480 e. The van der Waals surface area contributed by atoms with E-state index in [1.807, 2.05) is 0 Å². The van der Waals surface area contributed by atoms with Crippen LogP contribution in [0.15, 0.2) is 51.7 Å². The van der Waals surface area contributed by atoms with Crippen molar-refractivity contribution in [2.24, 2.45) is 0 Å². The summed E-state index contributed by atoms with van der Waals surface area (Å²) in [6.07, 6.45) is 2.59. The van der Waals surface area contributed by atoms with Crippen molar-refractivity contribution in [3.05, 3.63) is 65.1 Å². The number of aliphatic carboxylic acids is 1. The van der Waals surface area contributed by atoms with Crippen molar-refractivity contribution in [1.29, 1.82) is 0 Å². The second-order valence-electron chi connectivity index (χ2n) is 5.47. The van der Waals surface area contributed by atoms with E-state index in [2.05, 4.69) is 5.32 Å². The van der Waals surface area contributed by atoms with Crippen LogP contribution in [0.5, 0.6) is 0 Å². The van der Waals surface area contributed by atoms with Gasteiger partial charge in [-0.3, -0.25) is 14.4 Å². The first-order chi connectivity index (χ1) is 12.1. The molecule has 7 nitrogen and oxygen atoms in total. The molecule has 2 N–H and O–H groups in total. The Balaban J connectivity index is 1.83. The highest BCUT2D eigenvalue weighted by atomic mass is 16.4. The van der Waals surface area contributed by atoms with Gasteiger partial charge in [-0.15, -0.1) is 0 Å². The van der Waals surface area contributed by atoms with E-state index in [1.54, 1.807) is 30.3 Å². The molecule has 1 aliphatic rings. The fourth-order valence-electron chi connectivity index (χ4n) is 2.89. The average Bonchev–Trinajstić information content (AvgIpc) is 3.24. The Hall–Kier alpha value is -3.61. The number of hydrogen-bond acceptors (Lipinski definition) is 6. The maximum Gasteiger partial charge on any atom is 0.322 e. The number of fused-ring (bicyclic) bond motifs is 2. The Kier molecular flexibility index (Phi) is 3.28. The third-order valence-electron chi connectivity index (χ3n) is 3.99. The summed E-state index contributed by atoms with van der Waals surface area (Å²) in [5.41, 5.74) is 1.37. The molecule has 0 amide bonds. The molecule has 0 spiro atoms. The SMILES string of the molecule is O=C(O)CNc1occc1-c1occ2c1C(=O)c1ccccc1C2=O. The minimum absolute atomic E-state index is 0.152. The molecule has 2 aromatic heterocycles. The molecule has 2 heterocycles. The zero-order valence-electron chi connectivity index (χ0n) is 12.7. The predicted molar refractivity (Wildman–Crippen MR) is 85.8 cm³/mol. The predicted octanol–water partition coefficient (Wildman–Crippen LogP) is 2.81. The smallest absolute Gasteiger partial charge is 0.322 e. The Morgan fingerprint density at radius 1 is 0.960 bits per heavy atom. The van der Waals surface area contributed by atoms with Crippen molar-refractivity contribution < 1.29 is 28.3 Å². The molecule has 25 heavy (non-hydrogen) atoms. The van der Waals surface area contributed by atoms with E-state index in [1.165, 1.54) is 12.5 Å². The number of hydrogen-bond donors (Lipinski definition) is 2. The number of rotatable bonds is 4. The van der Waals surface area contributed by atoms with Gasteiger partial charge in [-0.2, -0.15) is 0 Å². The van der Waals surface area contributed by atoms with E-state index in [-0.39, 0.29) is 40.9 Å². The van der Waals surface area contributed by atoms with E-state index >= 15 is 0 Å². The highest BCUT2D eigenvalue weighted by Gasteiger charge is 2.35. The molecule has 0 saturated carbocycles. The first kappa shape index (κ1) is 14.9. The molecule has 0 saturated heterocycles. The lowest BCUT2D eigenvalue weighted by atomic mass is 9.85. The van der Waals surface area contributed by atoms with Crippen LogP contribution in [0.1, 0.15) is 31.8 Å². The summed E-state index contributed by atoms with van der Waals surface area (Å²) < 4.78 is 10.7. The van der Waals surface area contributed by atoms with Crippen molar-refractivity contribution in [2.75, 3.05) is 11.9 Å². The van der Waals surface area contributed by atoms with Gasteiger partial charge in [-0.05, 0) is 6.07 Å². The maximum absolute atomic E-state index is 12.9. The van der Waals surface area contributed by atoms with Gasteiger partial charge < -0.3 is 19.3 Å². The molecule has 0 fully saturated rings. The van der Waals surface area contributed by atoms with Gasteiger partial charge >= 0.3 is 5.97 Å². The molecule has 0 radical (unpaired) electrons. The molecule has 3 aromatic rings. The van der Waals surface area contributed by atoms with Crippen LogP contribution in [-0.2, 0) is 4.79 Å². The van der Waals surface area contributed by atoms with E-state index in [0.717, 1.165) is 0 Å². The number of benzene rings is 1. The summed E-state index contributed by atoms with van der Waals surface area (Å²) in [6.45, 7) is -0.362. The van der Waals surface area contributed by atoms with E-state index < -0.39 is 5.97 Å². The van der Waals surface area contributed by atoms with E-state index in [0.29, 0.717) is 16.7 Å². The average molecular weight is 337 g/mol. The molecule has 0 aliphatic heterocycles. The Morgan fingerprint density at radius 2 is 1.68 bits per heavy atom. The monoisotopic (exact) mass is 337 g/mol. The van der Waals surface area contributed by atoms with Crippen LogP contribution in [0.25, 0.3) is 11.3 Å². The van der Waals surface area contributed by atoms with Crippen LogP contribution < -0.4 is 5.32 Å². The molecule has 0 bridgehead atoms. The summed E-state index contributed by atoms with van der Waals surface area (Å²) in [7, 11) is 0. The van der Waals surface area contributed by atoms with Crippen LogP contribution in [0, 0.1) is 0 Å². The first-order valence-corrected chi connectivity index (χ1v) is 7.41. The van der Waals surface area contributed by atoms with E-state index in [4.69, 9.17) is 13.9 Å². The number of nitrogens with one attached hydrogen (secondary N) is 1. The second-order valence-corrected chi connectivity index (χ2v) is 5.47. The lowest BCUT2D eigenvalue weighted by Gasteiger charge is -2.14. The third kappa shape index (κ3) is 2.25. The van der Waals surface area contributed by atoms with Gasteiger partial charge in [-0.1, -0.05) is 24.3 Å². The summed E-state index contributed by atoms with van der Waals surface area (Å²) >= 11 is 0. The van der Waals surface area contributed by atoms with Gasteiger partial charge in [0.25, 0.3) is 0 Å². The zero-order chi connectivity index (χ0) is 17.6. The quantitative estimate of drug-likeness (QED) is 0.589. The van der Waals surface area contributed by atoms with Gasteiger partial charge in [0.05, 0.1) is 23.0 Å². The fraction of sp³-hybridized carbons (Fsp3) is 0.0556. The zero-order valence-corrected chi connectivity index (χ0v) is 12.7. The number of anilines is 1. The number of carboxylic acids is 1. The molecular weight excluding hydrogens is 326 g/mol. The number of ketones is 2. The van der Waals surface area contributed by atoms with Gasteiger partial charge in [0.15, 0.2) is 17.3 Å². The van der Waals surface area contributed by atoms with Crippen LogP contribution in [0.3, 0.4) is 0 Å². The number of furan rings is 2. The highest BCUT2D eigenvalue weighted by molar-refractivity contribution is 6.30. The molecular formula is C18H11NO6. The molecule has 0 unspecified atom stereocenters. The normalized spacial score (nSPS) is 12.6. The van der Waals surface area contributed by atoms with Gasteiger partial charge in [0.2, 0.25) is 5.88 Å². The summed E-state index contributed by atoms with van der Waals surface area (Å²) in [5, 5.41) is 11.4. The van der Waals surface area contributed by atoms with Gasteiger partial charge in [0.1, 0.15) is 12.8 Å².